The quantitative estimate of drug-likeness (QED) is 0.902. The van der Waals surface area contributed by atoms with Gasteiger partial charge in [-0.15, -0.1) is 11.3 Å². The molecule has 1 aromatic heterocycles. The van der Waals surface area contributed by atoms with Crippen molar-refractivity contribution in [2.75, 3.05) is 5.32 Å². The normalized spacial score (nSPS) is 10.4. The van der Waals surface area contributed by atoms with Crippen LogP contribution in [0.4, 0.5) is 10.1 Å². The van der Waals surface area contributed by atoms with Crippen molar-refractivity contribution < 1.29 is 4.39 Å². The molecular weight excluding hydrogens is 247 g/mol. The number of hydrogen-bond donors (Lipinski definition) is 1. The average molecular weight is 257 g/mol. The number of hydrogen-bond acceptors (Lipinski definition) is 3. The molecule has 0 saturated carbocycles. The Kier molecular flexibility index (Phi) is 3.41. The van der Waals surface area contributed by atoms with Crippen molar-refractivity contribution in [3.63, 3.8) is 0 Å². The Morgan fingerprint density at radius 3 is 2.94 bits per heavy atom. The zero-order chi connectivity index (χ0) is 11.5. The Morgan fingerprint density at radius 2 is 2.31 bits per heavy atom. The standard InChI is InChI=1S/C11H10ClFN2S/c1-7-11(16-6-15-7)5-14-8-2-3-10(13)9(12)4-8/h2-4,6,14H,5H2,1H3. The molecule has 5 heteroatoms. The number of nitrogens with one attached hydrogen (secondary N) is 1. The van der Waals surface area contributed by atoms with Gasteiger partial charge in [0.2, 0.25) is 0 Å². The summed E-state index contributed by atoms with van der Waals surface area (Å²) in [5.41, 5.74) is 3.63. The second-order valence-corrected chi connectivity index (χ2v) is 4.69. The second kappa shape index (κ2) is 4.80. The van der Waals surface area contributed by atoms with E-state index in [2.05, 4.69) is 10.3 Å². The van der Waals surface area contributed by atoms with Gasteiger partial charge in [-0.2, -0.15) is 0 Å². The molecule has 1 aromatic carbocycles. The summed E-state index contributed by atoms with van der Waals surface area (Å²) < 4.78 is 12.9. The Balaban J connectivity index is 2.05. The number of anilines is 1. The van der Waals surface area contributed by atoms with Crippen LogP contribution in [-0.2, 0) is 6.54 Å². The largest absolute Gasteiger partial charge is 0.380 e. The molecule has 0 aliphatic heterocycles. The summed E-state index contributed by atoms with van der Waals surface area (Å²) in [5.74, 6) is -0.402. The first-order valence-electron chi connectivity index (χ1n) is 4.74. The molecule has 2 rings (SSSR count). The van der Waals surface area contributed by atoms with E-state index in [4.69, 9.17) is 11.6 Å². The number of thiazole rings is 1. The molecule has 2 nitrogen and oxygen atoms in total. The molecular formula is C11H10ClFN2S. The van der Waals surface area contributed by atoms with E-state index in [9.17, 15) is 4.39 Å². The number of aryl methyl sites for hydroxylation is 1. The van der Waals surface area contributed by atoms with Crippen LogP contribution in [0.3, 0.4) is 0 Å². The summed E-state index contributed by atoms with van der Waals surface area (Å²) >= 11 is 7.28. The van der Waals surface area contributed by atoms with E-state index in [1.54, 1.807) is 23.5 Å². The number of benzene rings is 1. The summed E-state index contributed by atoms with van der Waals surface area (Å²) in [4.78, 5) is 5.32. The SMILES string of the molecule is Cc1ncsc1CNc1ccc(F)c(Cl)c1. The van der Waals surface area contributed by atoms with Gasteiger partial charge in [0, 0.05) is 10.6 Å². The van der Waals surface area contributed by atoms with Gasteiger partial charge in [0.25, 0.3) is 0 Å². The van der Waals surface area contributed by atoms with Crippen molar-refractivity contribution in [2.24, 2.45) is 0 Å². The summed E-state index contributed by atoms with van der Waals surface area (Å²) in [6, 6.07) is 4.59. The van der Waals surface area contributed by atoms with E-state index in [1.807, 2.05) is 12.4 Å². The third-order valence-corrected chi connectivity index (χ3v) is 3.44. The topological polar surface area (TPSA) is 24.9 Å². The molecule has 0 saturated heterocycles. The van der Waals surface area contributed by atoms with Crippen LogP contribution in [0.5, 0.6) is 0 Å². The van der Waals surface area contributed by atoms with Gasteiger partial charge in [-0.05, 0) is 25.1 Å². The fraction of sp³-hybridized carbons (Fsp3) is 0.182. The number of rotatable bonds is 3. The van der Waals surface area contributed by atoms with Crippen LogP contribution >= 0.6 is 22.9 Å². The van der Waals surface area contributed by atoms with E-state index in [0.29, 0.717) is 6.54 Å². The minimum atomic E-state index is -0.402. The first-order valence-corrected chi connectivity index (χ1v) is 6.00. The minimum absolute atomic E-state index is 0.131. The lowest BCUT2D eigenvalue weighted by atomic mass is 10.3. The van der Waals surface area contributed by atoms with Gasteiger partial charge in [-0.1, -0.05) is 11.6 Å². The highest BCUT2D eigenvalue weighted by Crippen LogP contribution is 2.21. The third kappa shape index (κ3) is 2.51. The van der Waals surface area contributed by atoms with Gasteiger partial charge in [0.05, 0.1) is 22.8 Å². The van der Waals surface area contributed by atoms with E-state index in [1.165, 1.54) is 10.9 Å². The van der Waals surface area contributed by atoms with Crippen molar-refractivity contribution >= 4 is 28.6 Å². The maximum absolute atomic E-state index is 12.9. The lowest BCUT2D eigenvalue weighted by Crippen LogP contribution is -1.99. The Bertz CT molecular complexity index is 498. The fourth-order valence-electron chi connectivity index (χ4n) is 1.28. The van der Waals surface area contributed by atoms with Gasteiger partial charge in [0.15, 0.2) is 0 Å². The molecule has 0 aliphatic carbocycles. The van der Waals surface area contributed by atoms with Crippen LogP contribution < -0.4 is 5.32 Å². The van der Waals surface area contributed by atoms with Crippen molar-refractivity contribution in [2.45, 2.75) is 13.5 Å². The second-order valence-electron chi connectivity index (χ2n) is 3.34. The van der Waals surface area contributed by atoms with E-state index in [-0.39, 0.29) is 5.02 Å². The van der Waals surface area contributed by atoms with Crippen LogP contribution in [0, 0.1) is 12.7 Å². The van der Waals surface area contributed by atoms with Gasteiger partial charge < -0.3 is 5.32 Å². The molecule has 0 atom stereocenters. The Labute approximate surface area is 102 Å². The zero-order valence-electron chi connectivity index (χ0n) is 8.63. The molecule has 0 amide bonds. The molecule has 16 heavy (non-hydrogen) atoms. The molecule has 0 spiro atoms. The molecule has 0 aliphatic rings. The first kappa shape index (κ1) is 11.4. The highest BCUT2D eigenvalue weighted by atomic mass is 35.5. The number of halogens is 2. The summed E-state index contributed by atoms with van der Waals surface area (Å²) in [5, 5.41) is 3.31. The Morgan fingerprint density at radius 1 is 1.50 bits per heavy atom. The highest BCUT2D eigenvalue weighted by molar-refractivity contribution is 7.09. The molecule has 1 N–H and O–H groups in total. The molecule has 1 heterocycles. The van der Waals surface area contributed by atoms with Crippen LogP contribution in [0.2, 0.25) is 5.02 Å². The van der Waals surface area contributed by atoms with Crippen molar-refractivity contribution in [3.8, 4) is 0 Å². The first-order chi connectivity index (χ1) is 7.66. The van der Waals surface area contributed by atoms with Gasteiger partial charge >= 0.3 is 0 Å². The van der Waals surface area contributed by atoms with E-state index < -0.39 is 5.82 Å². The van der Waals surface area contributed by atoms with Crippen LogP contribution in [0.25, 0.3) is 0 Å². The molecule has 0 unspecified atom stereocenters. The van der Waals surface area contributed by atoms with Crippen LogP contribution in [-0.4, -0.2) is 4.98 Å². The predicted octanol–water partition coefficient (Wildman–Crippen LogP) is 3.86. The van der Waals surface area contributed by atoms with E-state index in [0.717, 1.165) is 11.4 Å². The smallest absolute Gasteiger partial charge is 0.141 e. The van der Waals surface area contributed by atoms with Gasteiger partial charge in [-0.3, -0.25) is 0 Å². The van der Waals surface area contributed by atoms with Crippen LogP contribution in [0.1, 0.15) is 10.6 Å². The predicted molar refractivity (Wildman–Crippen MR) is 65.6 cm³/mol. The molecule has 2 aromatic rings. The molecule has 84 valence electrons. The monoisotopic (exact) mass is 256 g/mol. The summed E-state index contributed by atoms with van der Waals surface area (Å²) in [6.07, 6.45) is 0. The van der Waals surface area contributed by atoms with E-state index >= 15 is 0 Å². The number of aromatic nitrogens is 1. The average Bonchev–Trinajstić information content (AvgIpc) is 2.66. The van der Waals surface area contributed by atoms with Gasteiger partial charge in [-0.25, -0.2) is 9.37 Å². The fourth-order valence-corrected chi connectivity index (χ4v) is 2.18. The van der Waals surface area contributed by atoms with Crippen molar-refractivity contribution in [1.29, 1.82) is 0 Å². The van der Waals surface area contributed by atoms with Crippen molar-refractivity contribution in [1.82, 2.24) is 4.98 Å². The third-order valence-electron chi connectivity index (χ3n) is 2.22. The Hall–Kier alpha value is -1.13. The molecule has 0 bridgehead atoms. The summed E-state index contributed by atoms with van der Waals surface area (Å²) in [6.45, 7) is 2.64. The summed E-state index contributed by atoms with van der Waals surface area (Å²) in [7, 11) is 0. The van der Waals surface area contributed by atoms with Crippen molar-refractivity contribution in [3.05, 3.63) is 45.1 Å². The molecule has 0 radical (unpaired) electrons. The van der Waals surface area contributed by atoms with Gasteiger partial charge in [0.1, 0.15) is 5.82 Å². The lowest BCUT2D eigenvalue weighted by molar-refractivity contribution is 0.628. The molecule has 0 fully saturated rings. The highest BCUT2D eigenvalue weighted by Gasteiger charge is 2.03. The van der Waals surface area contributed by atoms with Crippen LogP contribution in [0.15, 0.2) is 23.7 Å². The maximum atomic E-state index is 12.9. The lowest BCUT2D eigenvalue weighted by Gasteiger charge is -2.05. The number of nitrogens with zero attached hydrogens (tertiary/aromatic N) is 1. The zero-order valence-corrected chi connectivity index (χ0v) is 10.2. The minimum Gasteiger partial charge on any atom is -0.380 e. The maximum Gasteiger partial charge on any atom is 0.141 e.